The molecule has 0 saturated carbocycles. The molecule has 0 spiro atoms. The highest BCUT2D eigenvalue weighted by Crippen LogP contribution is 2.01. The van der Waals surface area contributed by atoms with Gasteiger partial charge in [-0.1, -0.05) is 12.5 Å². The van der Waals surface area contributed by atoms with Crippen molar-refractivity contribution in [3.63, 3.8) is 0 Å². The second kappa shape index (κ2) is 5.86. The number of unbranched alkanes of at least 4 members (excludes halogenated alkanes) is 2. The van der Waals surface area contributed by atoms with Crippen LogP contribution in [0.15, 0.2) is 23.0 Å². The summed E-state index contributed by atoms with van der Waals surface area (Å²) >= 11 is 5.58. The zero-order chi connectivity index (χ0) is 10.4. The van der Waals surface area contributed by atoms with Gasteiger partial charge in [0.2, 0.25) is 0 Å². The fourth-order valence-corrected chi connectivity index (χ4v) is 1.64. The lowest BCUT2D eigenvalue weighted by Gasteiger charge is -2.08. The fraction of sp³-hybridized carbons (Fsp3) is 0.545. The first-order chi connectivity index (χ1) is 6.75. The standard InChI is InChI=1S/C11H16ClNO/c1-10-6-5-7-11(14)13(10)9-4-2-3-8-12/h5-7H,2-4,8-9H2,1H3. The molecule has 0 aliphatic heterocycles. The van der Waals surface area contributed by atoms with Crippen molar-refractivity contribution in [1.29, 1.82) is 0 Å². The van der Waals surface area contributed by atoms with Crippen LogP contribution in [0.5, 0.6) is 0 Å². The number of rotatable bonds is 5. The monoisotopic (exact) mass is 213 g/mol. The minimum absolute atomic E-state index is 0.0934. The lowest BCUT2D eigenvalue weighted by molar-refractivity contribution is 0.577. The third kappa shape index (κ3) is 3.18. The second-order valence-corrected chi connectivity index (χ2v) is 3.78. The van der Waals surface area contributed by atoms with Crippen LogP contribution < -0.4 is 5.56 Å². The molecule has 1 heterocycles. The average molecular weight is 214 g/mol. The second-order valence-electron chi connectivity index (χ2n) is 3.41. The van der Waals surface area contributed by atoms with E-state index in [1.165, 1.54) is 0 Å². The molecule has 78 valence electrons. The van der Waals surface area contributed by atoms with Crippen molar-refractivity contribution >= 4 is 11.6 Å². The topological polar surface area (TPSA) is 22.0 Å². The molecule has 3 heteroatoms. The van der Waals surface area contributed by atoms with Crippen LogP contribution in [0, 0.1) is 6.92 Å². The number of hydrogen-bond acceptors (Lipinski definition) is 1. The zero-order valence-electron chi connectivity index (χ0n) is 8.50. The summed E-state index contributed by atoms with van der Waals surface area (Å²) < 4.78 is 1.81. The van der Waals surface area contributed by atoms with Crippen molar-refractivity contribution in [2.45, 2.75) is 32.7 Å². The first-order valence-electron chi connectivity index (χ1n) is 4.98. The van der Waals surface area contributed by atoms with Crippen molar-refractivity contribution in [3.05, 3.63) is 34.2 Å². The minimum atomic E-state index is 0.0934. The maximum absolute atomic E-state index is 11.4. The van der Waals surface area contributed by atoms with E-state index in [1.807, 2.05) is 17.6 Å². The number of nitrogens with zero attached hydrogens (tertiary/aromatic N) is 1. The third-order valence-electron chi connectivity index (χ3n) is 2.28. The van der Waals surface area contributed by atoms with E-state index in [4.69, 9.17) is 11.6 Å². The Bertz CT molecular complexity index is 332. The Hall–Kier alpha value is -0.760. The normalized spacial score (nSPS) is 10.4. The van der Waals surface area contributed by atoms with E-state index in [1.54, 1.807) is 12.1 Å². The Labute approximate surface area is 89.5 Å². The average Bonchev–Trinajstić information content (AvgIpc) is 2.16. The molecule has 0 aromatic carbocycles. The highest BCUT2D eigenvalue weighted by Gasteiger charge is 1.97. The summed E-state index contributed by atoms with van der Waals surface area (Å²) in [7, 11) is 0. The van der Waals surface area contributed by atoms with Gasteiger partial charge in [-0.3, -0.25) is 4.79 Å². The molecule has 0 aliphatic rings. The molecular weight excluding hydrogens is 198 g/mol. The molecule has 0 saturated heterocycles. The number of aromatic nitrogens is 1. The van der Waals surface area contributed by atoms with E-state index < -0.39 is 0 Å². The molecule has 0 amide bonds. The van der Waals surface area contributed by atoms with Gasteiger partial charge in [0, 0.05) is 24.2 Å². The molecule has 0 aliphatic carbocycles. The van der Waals surface area contributed by atoms with E-state index in [0.717, 1.165) is 31.5 Å². The summed E-state index contributed by atoms with van der Waals surface area (Å²) in [5.74, 6) is 0.711. The molecule has 1 aromatic rings. The van der Waals surface area contributed by atoms with Gasteiger partial charge in [0.15, 0.2) is 0 Å². The van der Waals surface area contributed by atoms with Gasteiger partial charge in [0.05, 0.1) is 0 Å². The van der Waals surface area contributed by atoms with Crippen molar-refractivity contribution in [2.24, 2.45) is 0 Å². The van der Waals surface area contributed by atoms with Crippen molar-refractivity contribution < 1.29 is 0 Å². The van der Waals surface area contributed by atoms with E-state index in [0.29, 0.717) is 5.88 Å². The number of halogens is 1. The van der Waals surface area contributed by atoms with E-state index in [-0.39, 0.29) is 5.56 Å². The maximum atomic E-state index is 11.4. The van der Waals surface area contributed by atoms with Crippen LogP contribution in [0.1, 0.15) is 25.0 Å². The van der Waals surface area contributed by atoms with E-state index in [2.05, 4.69) is 0 Å². The Balaban J connectivity index is 2.54. The summed E-state index contributed by atoms with van der Waals surface area (Å²) in [6.45, 7) is 2.77. The summed E-state index contributed by atoms with van der Waals surface area (Å²) in [5, 5.41) is 0. The molecule has 0 radical (unpaired) electrons. The van der Waals surface area contributed by atoms with Crippen LogP contribution in [-0.2, 0) is 6.54 Å². The molecule has 0 N–H and O–H groups in total. The van der Waals surface area contributed by atoms with Gasteiger partial charge in [-0.15, -0.1) is 11.6 Å². The molecule has 0 unspecified atom stereocenters. The van der Waals surface area contributed by atoms with Crippen molar-refractivity contribution in [2.75, 3.05) is 5.88 Å². The number of alkyl halides is 1. The Kier molecular flexibility index (Phi) is 4.74. The first kappa shape index (κ1) is 11.3. The lowest BCUT2D eigenvalue weighted by Crippen LogP contribution is -2.20. The third-order valence-corrected chi connectivity index (χ3v) is 2.55. The molecule has 1 rings (SSSR count). The Morgan fingerprint density at radius 3 is 2.71 bits per heavy atom. The molecular formula is C11H16ClNO. The van der Waals surface area contributed by atoms with Crippen LogP contribution >= 0.6 is 11.6 Å². The van der Waals surface area contributed by atoms with Gasteiger partial charge in [-0.25, -0.2) is 0 Å². The van der Waals surface area contributed by atoms with Crippen LogP contribution in [0.25, 0.3) is 0 Å². The first-order valence-corrected chi connectivity index (χ1v) is 5.51. The number of pyridine rings is 1. The number of hydrogen-bond donors (Lipinski definition) is 0. The van der Waals surface area contributed by atoms with Crippen molar-refractivity contribution in [3.8, 4) is 0 Å². The van der Waals surface area contributed by atoms with Crippen molar-refractivity contribution in [1.82, 2.24) is 4.57 Å². The molecule has 0 fully saturated rings. The molecule has 2 nitrogen and oxygen atoms in total. The predicted octanol–water partition coefficient (Wildman–Crippen LogP) is 2.57. The van der Waals surface area contributed by atoms with Crippen LogP contribution in [0.2, 0.25) is 0 Å². The fourth-order valence-electron chi connectivity index (χ4n) is 1.45. The summed E-state index contributed by atoms with van der Waals surface area (Å²) in [6, 6.07) is 5.37. The number of aryl methyl sites for hydroxylation is 1. The van der Waals surface area contributed by atoms with Crippen LogP contribution in [0.4, 0.5) is 0 Å². The largest absolute Gasteiger partial charge is 0.313 e. The minimum Gasteiger partial charge on any atom is -0.313 e. The summed E-state index contributed by atoms with van der Waals surface area (Å²) in [4.78, 5) is 11.4. The van der Waals surface area contributed by atoms with Gasteiger partial charge >= 0.3 is 0 Å². The van der Waals surface area contributed by atoms with Gasteiger partial charge in [0.1, 0.15) is 0 Å². The van der Waals surface area contributed by atoms with Gasteiger partial charge < -0.3 is 4.57 Å². The smallest absolute Gasteiger partial charge is 0.250 e. The highest BCUT2D eigenvalue weighted by molar-refractivity contribution is 6.17. The highest BCUT2D eigenvalue weighted by atomic mass is 35.5. The van der Waals surface area contributed by atoms with Crippen LogP contribution in [0.3, 0.4) is 0 Å². The van der Waals surface area contributed by atoms with E-state index >= 15 is 0 Å². The molecule has 0 atom stereocenters. The zero-order valence-corrected chi connectivity index (χ0v) is 9.26. The van der Waals surface area contributed by atoms with Crippen LogP contribution in [-0.4, -0.2) is 10.4 Å². The lowest BCUT2D eigenvalue weighted by atomic mass is 10.2. The molecule has 0 bridgehead atoms. The Morgan fingerprint density at radius 2 is 2.07 bits per heavy atom. The molecule has 1 aromatic heterocycles. The summed E-state index contributed by atoms with van der Waals surface area (Å²) in [5.41, 5.74) is 1.12. The SMILES string of the molecule is Cc1cccc(=O)n1CCCCCCl. The quantitative estimate of drug-likeness (QED) is 0.544. The maximum Gasteiger partial charge on any atom is 0.250 e. The summed E-state index contributed by atoms with van der Waals surface area (Å²) in [6.07, 6.45) is 3.14. The van der Waals surface area contributed by atoms with Gasteiger partial charge in [-0.2, -0.15) is 0 Å². The van der Waals surface area contributed by atoms with Gasteiger partial charge in [0.25, 0.3) is 5.56 Å². The Morgan fingerprint density at radius 1 is 1.29 bits per heavy atom. The van der Waals surface area contributed by atoms with Gasteiger partial charge in [-0.05, 0) is 25.8 Å². The predicted molar refractivity (Wildman–Crippen MR) is 60.0 cm³/mol. The molecule has 14 heavy (non-hydrogen) atoms. The van der Waals surface area contributed by atoms with E-state index in [9.17, 15) is 4.79 Å².